The zero-order valence-electron chi connectivity index (χ0n) is 13.4. The van der Waals surface area contributed by atoms with Crippen molar-refractivity contribution >= 4 is 17.6 Å². The highest BCUT2D eigenvalue weighted by Gasteiger charge is 2.20. The van der Waals surface area contributed by atoms with Crippen LogP contribution in [0.1, 0.15) is 37.7 Å². The van der Waals surface area contributed by atoms with Gasteiger partial charge in [0.2, 0.25) is 0 Å². The van der Waals surface area contributed by atoms with Gasteiger partial charge in [0, 0.05) is 24.3 Å². The molecule has 0 bridgehead atoms. The Hall–Kier alpha value is -2.08. The Kier molecular flexibility index (Phi) is 6.87. The summed E-state index contributed by atoms with van der Waals surface area (Å²) in [5.41, 5.74) is 7.00. The summed E-state index contributed by atoms with van der Waals surface area (Å²) in [7, 11) is 0. The molecule has 23 heavy (non-hydrogen) atoms. The molecule has 1 amide bonds. The number of carbonyl (C=O) groups is 1. The van der Waals surface area contributed by atoms with E-state index in [-0.39, 0.29) is 5.84 Å². The average Bonchev–Trinajstić information content (AvgIpc) is 3.37. The van der Waals surface area contributed by atoms with E-state index in [4.69, 9.17) is 15.9 Å². The van der Waals surface area contributed by atoms with E-state index in [2.05, 4.69) is 10.6 Å². The number of nitrogens with one attached hydrogen (secondary N) is 3. The number of hydrogen-bond donors (Lipinski definition) is 4. The molecule has 1 aliphatic rings. The predicted molar refractivity (Wildman–Crippen MR) is 91.9 cm³/mol. The van der Waals surface area contributed by atoms with Crippen molar-refractivity contribution in [2.45, 2.75) is 32.1 Å². The van der Waals surface area contributed by atoms with Gasteiger partial charge < -0.3 is 15.8 Å². The molecule has 2 rings (SSSR count). The molecule has 5 N–H and O–H groups in total. The minimum atomic E-state index is -0.563. The number of carbonyl (C=O) groups excluding carboxylic acids is 1. The first kappa shape index (κ1) is 17.3. The number of amides is 1. The van der Waals surface area contributed by atoms with Crippen molar-refractivity contribution in [3.05, 3.63) is 29.8 Å². The van der Waals surface area contributed by atoms with Crippen LogP contribution in [0.3, 0.4) is 0 Å². The molecule has 0 radical (unpaired) electrons. The van der Waals surface area contributed by atoms with E-state index in [1.807, 2.05) is 12.1 Å². The van der Waals surface area contributed by atoms with E-state index in [0.717, 1.165) is 24.4 Å². The first-order chi connectivity index (χ1) is 11.2. The molecule has 1 aromatic carbocycles. The fourth-order valence-electron chi connectivity index (χ4n) is 2.29. The van der Waals surface area contributed by atoms with Crippen molar-refractivity contribution in [2.24, 2.45) is 11.7 Å². The fraction of sp³-hybridized carbons (Fsp3) is 0.529. The van der Waals surface area contributed by atoms with Gasteiger partial charge >= 0.3 is 6.09 Å². The lowest BCUT2D eigenvalue weighted by atomic mass is 10.2. The van der Waals surface area contributed by atoms with Gasteiger partial charge in [-0.1, -0.05) is 19.3 Å². The predicted octanol–water partition coefficient (Wildman–Crippen LogP) is 2.69. The van der Waals surface area contributed by atoms with Crippen LogP contribution in [0.15, 0.2) is 24.3 Å². The number of nitrogens with two attached hydrogens (primary N) is 1. The number of rotatable bonds is 9. The summed E-state index contributed by atoms with van der Waals surface area (Å²) in [6.07, 6.45) is 5.39. The Morgan fingerprint density at radius 2 is 2.00 bits per heavy atom. The second kappa shape index (κ2) is 9.15. The second-order valence-electron chi connectivity index (χ2n) is 5.87. The van der Waals surface area contributed by atoms with Crippen LogP contribution in [0.25, 0.3) is 0 Å². The Morgan fingerprint density at radius 1 is 1.26 bits per heavy atom. The van der Waals surface area contributed by atoms with E-state index >= 15 is 0 Å². The summed E-state index contributed by atoms with van der Waals surface area (Å²) in [6, 6.07) is 7.25. The average molecular weight is 318 g/mol. The van der Waals surface area contributed by atoms with E-state index in [9.17, 15) is 4.79 Å². The Bertz CT molecular complexity index is 512. The molecule has 0 heterocycles. The molecule has 0 unspecified atom stereocenters. The maximum atomic E-state index is 11.6. The summed E-state index contributed by atoms with van der Waals surface area (Å²) in [4.78, 5) is 11.6. The van der Waals surface area contributed by atoms with E-state index in [0.29, 0.717) is 25.3 Å². The van der Waals surface area contributed by atoms with E-state index in [1.54, 1.807) is 12.1 Å². The van der Waals surface area contributed by atoms with Crippen molar-refractivity contribution in [3.63, 3.8) is 0 Å². The van der Waals surface area contributed by atoms with Crippen LogP contribution < -0.4 is 16.4 Å². The summed E-state index contributed by atoms with van der Waals surface area (Å²) in [6.45, 7) is 1.67. The number of hydrogen-bond acceptors (Lipinski definition) is 5. The number of anilines is 1. The van der Waals surface area contributed by atoms with Crippen molar-refractivity contribution in [2.75, 3.05) is 25.0 Å². The minimum absolute atomic E-state index is 0.0401. The molecular formula is C17H26N4O2. The topological polar surface area (TPSA) is 100 Å². The van der Waals surface area contributed by atoms with Gasteiger partial charge in [0.25, 0.3) is 0 Å². The van der Waals surface area contributed by atoms with Gasteiger partial charge in [-0.15, -0.1) is 0 Å². The van der Waals surface area contributed by atoms with Crippen molar-refractivity contribution in [1.82, 2.24) is 5.32 Å². The molecule has 1 aromatic rings. The second-order valence-corrected chi connectivity index (χ2v) is 5.87. The highest BCUT2D eigenvalue weighted by molar-refractivity contribution is 6.04. The molecule has 6 heteroatoms. The fourth-order valence-corrected chi connectivity index (χ4v) is 2.29. The van der Waals surface area contributed by atoms with Crippen LogP contribution in [0.2, 0.25) is 0 Å². The smallest absolute Gasteiger partial charge is 0.412 e. The summed E-state index contributed by atoms with van der Waals surface area (Å²) >= 11 is 0. The minimum Gasteiger partial charge on any atom is -0.449 e. The highest BCUT2D eigenvalue weighted by atomic mass is 16.5. The van der Waals surface area contributed by atoms with Crippen LogP contribution in [-0.4, -0.2) is 31.6 Å². The molecule has 1 aliphatic carbocycles. The van der Waals surface area contributed by atoms with Crippen LogP contribution in [0, 0.1) is 11.3 Å². The van der Waals surface area contributed by atoms with E-state index in [1.165, 1.54) is 19.3 Å². The summed E-state index contributed by atoms with van der Waals surface area (Å²) in [5.74, 6) is 0.956. The number of benzene rings is 1. The molecule has 0 atom stereocenters. The number of amidine groups is 1. The lowest BCUT2D eigenvalue weighted by molar-refractivity contribution is 0.149. The van der Waals surface area contributed by atoms with Crippen LogP contribution in [0.4, 0.5) is 10.5 Å². The zero-order chi connectivity index (χ0) is 16.5. The van der Waals surface area contributed by atoms with Crippen molar-refractivity contribution in [3.8, 4) is 0 Å². The van der Waals surface area contributed by atoms with Gasteiger partial charge in [0.15, 0.2) is 0 Å². The van der Waals surface area contributed by atoms with Gasteiger partial charge in [0.1, 0.15) is 5.84 Å². The number of unbranched alkanes of at least 4 members (excludes halogenated alkanes) is 1. The highest BCUT2D eigenvalue weighted by Crippen LogP contribution is 2.33. The standard InChI is InChI=1S/C17H26N4O2/c18-10-11-20-15-8-6-14(7-9-15)16(19)21-17(22)23-12-2-1-3-13-4-5-13/h6-9,13,20H,1-5,10-12,18H2,(H2,19,21,22). The van der Waals surface area contributed by atoms with Gasteiger partial charge in [-0.2, -0.15) is 0 Å². The zero-order valence-corrected chi connectivity index (χ0v) is 13.4. The number of ether oxygens (including phenoxy) is 1. The number of alkyl carbamates (subject to hydrolysis) is 1. The molecule has 0 aliphatic heterocycles. The molecule has 126 valence electrons. The third kappa shape index (κ3) is 6.69. The molecule has 1 saturated carbocycles. The molecular weight excluding hydrogens is 292 g/mol. The maximum absolute atomic E-state index is 11.6. The van der Waals surface area contributed by atoms with Gasteiger partial charge in [-0.3, -0.25) is 10.7 Å². The maximum Gasteiger partial charge on any atom is 0.412 e. The Balaban J connectivity index is 1.64. The SMILES string of the molecule is N=C(NC(=O)OCCCCC1CC1)c1ccc(NCCN)cc1. The normalized spacial score (nSPS) is 13.4. The van der Waals surface area contributed by atoms with Crippen molar-refractivity contribution < 1.29 is 9.53 Å². The molecule has 0 aromatic heterocycles. The summed E-state index contributed by atoms with van der Waals surface area (Å²) in [5, 5.41) is 13.5. The quantitative estimate of drug-likeness (QED) is 0.319. The van der Waals surface area contributed by atoms with Gasteiger partial charge in [-0.05, 0) is 43.0 Å². The molecule has 0 spiro atoms. The Labute approximate surface area is 137 Å². The Morgan fingerprint density at radius 3 is 2.65 bits per heavy atom. The van der Waals surface area contributed by atoms with Crippen LogP contribution >= 0.6 is 0 Å². The summed E-state index contributed by atoms with van der Waals surface area (Å²) < 4.78 is 5.10. The molecule has 0 saturated heterocycles. The first-order valence-electron chi connectivity index (χ1n) is 8.25. The van der Waals surface area contributed by atoms with Gasteiger partial charge in [0.05, 0.1) is 6.61 Å². The monoisotopic (exact) mass is 318 g/mol. The third-order valence-corrected chi connectivity index (χ3v) is 3.81. The van der Waals surface area contributed by atoms with E-state index < -0.39 is 6.09 Å². The lowest BCUT2D eigenvalue weighted by Crippen LogP contribution is -2.31. The lowest BCUT2D eigenvalue weighted by Gasteiger charge is -2.09. The van der Waals surface area contributed by atoms with Crippen LogP contribution in [-0.2, 0) is 4.74 Å². The van der Waals surface area contributed by atoms with Gasteiger partial charge in [-0.25, -0.2) is 4.79 Å². The van der Waals surface area contributed by atoms with Crippen molar-refractivity contribution in [1.29, 1.82) is 5.41 Å². The largest absolute Gasteiger partial charge is 0.449 e. The molecule has 6 nitrogen and oxygen atoms in total. The molecule has 1 fully saturated rings. The van der Waals surface area contributed by atoms with Crippen LogP contribution in [0.5, 0.6) is 0 Å². The first-order valence-corrected chi connectivity index (χ1v) is 8.25. The third-order valence-electron chi connectivity index (χ3n) is 3.81.